The first-order valence-corrected chi connectivity index (χ1v) is 14.1. The Balaban J connectivity index is 1.98. The van der Waals surface area contributed by atoms with E-state index in [-0.39, 0.29) is 26.1 Å². The molecule has 0 fully saturated rings. The van der Waals surface area contributed by atoms with Crippen LogP contribution < -0.4 is 0 Å². The van der Waals surface area contributed by atoms with Crippen molar-refractivity contribution < 1.29 is 45.9 Å². The van der Waals surface area contributed by atoms with E-state index in [1.807, 2.05) is 43.3 Å². The van der Waals surface area contributed by atoms with Crippen LogP contribution in [0.15, 0.2) is 36.4 Å². The van der Waals surface area contributed by atoms with Gasteiger partial charge in [-0.15, -0.1) is 0 Å². The smallest absolute Gasteiger partial charge is 0.303 e. The van der Waals surface area contributed by atoms with Gasteiger partial charge < -0.3 is 23.7 Å². The zero-order valence-electron chi connectivity index (χ0n) is 21.9. The maximum atomic E-state index is 11.8. The summed E-state index contributed by atoms with van der Waals surface area (Å²) in [6.45, 7) is 5.61. The summed E-state index contributed by atoms with van der Waals surface area (Å²) in [6, 6.07) is 7.82. The summed E-state index contributed by atoms with van der Waals surface area (Å²) in [5.41, 5.74) is 2.05. The van der Waals surface area contributed by atoms with Crippen molar-refractivity contribution in [2.45, 2.75) is 58.3 Å². The van der Waals surface area contributed by atoms with E-state index in [0.29, 0.717) is 32.5 Å². The quantitative estimate of drug-likeness (QED) is 0.107. The van der Waals surface area contributed by atoms with Crippen LogP contribution in [0, 0.1) is 5.92 Å². The Morgan fingerprint density at radius 1 is 0.946 bits per heavy atom. The lowest BCUT2D eigenvalue weighted by Gasteiger charge is -2.30. The molecule has 37 heavy (non-hydrogen) atoms. The van der Waals surface area contributed by atoms with Gasteiger partial charge in [0.2, 0.25) is 0 Å². The second-order valence-corrected chi connectivity index (χ2v) is 10.4. The number of carbonyl (C=O) groups is 2. The van der Waals surface area contributed by atoms with Gasteiger partial charge in [0.1, 0.15) is 25.6 Å². The van der Waals surface area contributed by atoms with Gasteiger partial charge in [-0.1, -0.05) is 36.4 Å². The molecule has 0 saturated heterocycles. The zero-order valence-corrected chi connectivity index (χ0v) is 22.7. The van der Waals surface area contributed by atoms with E-state index in [4.69, 9.17) is 27.9 Å². The fourth-order valence-corrected chi connectivity index (χ4v) is 4.22. The van der Waals surface area contributed by atoms with E-state index >= 15 is 0 Å². The molecule has 0 heterocycles. The molecule has 0 spiro atoms. The molecule has 0 bridgehead atoms. The number of benzene rings is 1. The summed E-state index contributed by atoms with van der Waals surface area (Å²) in [6.07, 6.45) is 4.86. The highest BCUT2D eigenvalue weighted by atomic mass is 32.2. The molecule has 0 radical (unpaired) electrons. The molecule has 2 rings (SSSR count). The van der Waals surface area contributed by atoms with Crippen molar-refractivity contribution in [1.82, 2.24) is 0 Å². The van der Waals surface area contributed by atoms with Crippen LogP contribution in [0.25, 0.3) is 0 Å². The lowest BCUT2D eigenvalue weighted by molar-refractivity contribution is -0.176. The first-order chi connectivity index (χ1) is 17.6. The summed E-state index contributed by atoms with van der Waals surface area (Å²) in [5, 5.41) is 0. The summed E-state index contributed by atoms with van der Waals surface area (Å²) in [5.74, 6) is -1.28. The number of rotatable bonds is 15. The monoisotopic (exact) mass is 542 g/mol. The van der Waals surface area contributed by atoms with E-state index < -0.39 is 40.2 Å². The highest BCUT2D eigenvalue weighted by Gasteiger charge is 2.36. The molecule has 10 nitrogen and oxygen atoms in total. The van der Waals surface area contributed by atoms with Gasteiger partial charge in [-0.05, 0) is 30.9 Å². The number of hydrogen-bond donors (Lipinski definition) is 0. The number of hydrogen-bond acceptors (Lipinski definition) is 10. The molecule has 1 aromatic rings. The second kappa shape index (κ2) is 15.8. The summed E-state index contributed by atoms with van der Waals surface area (Å²) in [7, 11) is -3.44. The highest BCUT2D eigenvalue weighted by Crippen LogP contribution is 2.26. The van der Waals surface area contributed by atoms with Crippen molar-refractivity contribution >= 4 is 22.1 Å². The van der Waals surface area contributed by atoms with Gasteiger partial charge in [0.05, 0.1) is 31.5 Å². The van der Waals surface area contributed by atoms with Crippen molar-refractivity contribution in [2.24, 2.45) is 5.92 Å². The van der Waals surface area contributed by atoms with Crippen LogP contribution in [-0.2, 0) is 60.4 Å². The summed E-state index contributed by atoms with van der Waals surface area (Å²) < 4.78 is 55.1. The summed E-state index contributed by atoms with van der Waals surface area (Å²) >= 11 is 0. The maximum Gasteiger partial charge on any atom is 0.303 e. The molecule has 1 aliphatic carbocycles. The van der Waals surface area contributed by atoms with E-state index in [2.05, 4.69) is 0 Å². The van der Waals surface area contributed by atoms with Crippen LogP contribution in [0.4, 0.5) is 0 Å². The molecule has 11 heteroatoms. The SMILES string of the molecule is CCOCO[C@@H]1CC(OCCc2ccc(CCOS(C)(=O)=O)cc2)C=C[C@H](COC(C)=O)[C@H]1OC(C)=O. The second-order valence-electron chi connectivity index (χ2n) is 8.73. The van der Waals surface area contributed by atoms with Gasteiger partial charge in [-0.25, -0.2) is 0 Å². The maximum absolute atomic E-state index is 11.8. The Morgan fingerprint density at radius 3 is 2.16 bits per heavy atom. The average Bonchev–Trinajstić information content (AvgIpc) is 2.97. The fourth-order valence-electron chi connectivity index (χ4n) is 3.83. The van der Waals surface area contributed by atoms with Gasteiger partial charge in [0, 0.05) is 26.9 Å². The Labute approximate surface area is 219 Å². The number of carbonyl (C=O) groups excluding carboxylic acids is 2. The molecular formula is C26H38O10S. The third kappa shape index (κ3) is 12.7. The number of esters is 2. The van der Waals surface area contributed by atoms with Gasteiger partial charge in [0.25, 0.3) is 10.1 Å². The van der Waals surface area contributed by atoms with Crippen molar-refractivity contribution in [3.05, 3.63) is 47.5 Å². The largest absolute Gasteiger partial charge is 0.465 e. The van der Waals surface area contributed by atoms with Crippen LogP contribution in [0.2, 0.25) is 0 Å². The van der Waals surface area contributed by atoms with Gasteiger partial charge >= 0.3 is 11.9 Å². The normalized spacial score (nSPS) is 21.8. The van der Waals surface area contributed by atoms with Gasteiger partial charge in [-0.3, -0.25) is 13.8 Å². The molecule has 0 aromatic heterocycles. The minimum Gasteiger partial charge on any atom is -0.465 e. The molecule has 0 amide bonds. The minimum absolute atomic E-state index is 0.0352. The fraction of sp³-hybridized carbons (Fsp3) is 0.615. The Morgan fingerprint density at radius 2 is 1.59 bits per heavy atom. The summed E-state index contributed by atoms with van der Waals surface area (Å²) in [4.78, 5) is 23.2. The van der Waals surface area contributed by atoms with E-state index in [0.717, 1.165) is 17.4 Å². The predicted octanol–water partition coefficient (Wildman–Crippen LogP) is 2.58. The molecule has 1 aliphatic rings. The number of ether oxygens (including phenoxy) is 5. The molecule has 4 atom stereocenters. The predicted molar refractivity (Wildman–Crippen MR) is 135 cm³/mol. The van der Waals surface area contributed by atoms with E-state index in [1.165, 1.54) is 13.8 Å². The molecule has 0 aliphatic heterocycles. The van der Waals surface area contributed by atoms with E-state index in [1.54, 1.807) is 0 Å². The zero-order chi connectivity index (χ0) is 27.3. The lowest BCUT2D eigenvalue weighted by atomic mass is 9.98. The van der Waals surface area contributed by atoms with Gasteiger partial charge in [-0.2, -0.15) is 8.42 Å². The minimum atomic E-state index is -3.44. The van der Waals surface area contributed by atoms with Crippen LogP contribution >= 0.6 is 0 Å². The van der Waals surface area contributed by atoms with Crippen molar-refractivity contribution in [3.63, 3.8) is 0 Å². The Hall–Kier alpha value is -2.31. The first-order valence-electron chi connectivity index (χ1n) is 12.3. The molecule has 0 saturated carbocycles. The lowest BCUT2D eigenvalue weighted by Crippen LogP contribution is -2.41. The Bertz CT molecular complexity index is 974. The van der Waals surface area contributed by atoms with E-state index in [9.17, 15) is 18.0 Å². The third-order valence-corrected chi connectivity index (χ3v) is 6.21. The molecule has 1 aromatic carbocycles. The van der Waals surface area contributed by atoms with Crippen molar-refractivity contribution in [3.8, 4) is 0 Å². The van der Waals surface area contributed by atoms with Crippen molar-refractivity contribution in [1.29, 1.82) is 0 Å². The average molecular weight is 543 g/mol. The molecule has 1 unspecified atom stereocenters. The van der Waals surface area contributed by atoms with Crippen LogP contribution in [0.1, 0.15) is 38.3 Å². The van der Waals surface area contributed by atoms with Crippen molar-refractivity contribution in [2.75, 3.05) is 39.5 Å². The standard InChI is InChI=1S/C26H38O10S/c1-5-31-18-34-25-16-24(11-10-23(17-33-19(2)27)26(25)36-20(3)28)32-14-12-21-6-8-22(9-7-21)13-15-35-37(4,29)30/h6-11,23-26H,5,12-18H2,1-4H3/t23-,24?,25-,26-/m1/s1. The van der Waals surface area contributed by atoms with Gasteiger partial charge in [0.15, 0.2) is 0 Å². The molecule has 0 N–H and O–H groups in total. The van der Waals surface area contributed by atoms with Crippen LogP contribution in [0.5, 0.6) is 0 Å². The topological polar surface area (TPSA) is 124 Å². The Kier molecular flexibility index (Phi) is 13.2. The molecular weight excluding hydrogens is 504 g/mol. The van der Waals surface area contributed by atoms with Crippen LogP contribution in [0.3, 0.4) is 0 Å². The first kappa shape index (κ1) is 30.9. The molecule has 208 valence electrons. The van der Waals surface area contributed by atoms with Crippen LogP contribution in [-0.4, -0.2) is 78.1 Å². The highest BCUT2D eigenvalue weighted by molar-refractivity contribution is 7.85. The third-order valence-electron chi connectivity index (χ3n) is 5.61.